The lowest BCUT2D eigenvalue weighted by atomic mass is 10.2. The van der Waals surface area contributed by atoms with E-state index in [0.717, 1.165) is 0 Å². The maximum absolute atomic E-state index is 11.1. The van der Waals surface area contributed by atoms with Crippen molar-refractivity contribution in [1.82, 2.24) is 0 Å². The molecule has 0 aliphatic heterocycles. The van der Waals surface area contributed by atoms with Crippen LogP contribution >= 0.6 is 0 Å². The molecule has 1 N–H and O–H groups in total. The molecular weight excluding hydrogens is 212 g/mol. The van der Waals surface area contributed by atoms with Gasteiger partial charge in [-0.15, -0.1) is 0 Å². The van der Waals surface area contributed by atoms with Crippen LogP contribution in [0.3, 0.4) is 0 Å². The molecular formula is C11H20O5. The SMILES string of the molecule is CCC(=O)OCCC(=O)OCCC(O)CC. The van der Waals surface area contributed by atoms with Gasteiger partial charge in [0.25, 0.3) is 0 Å². The van der Waals surface area contributed by atoms with E-state index in [1.54, 1.807) is 6.92 Å². The first-order chi connectivity index (χ1) is 7.60. The summed E-state index contributed by atoms with van der Waals surface area (Å²) in [7, 11) is 0. The molecule has 0 heterocycles. The number of aliphatic hydroxyl groups is 1. The van der Waals surface area contributed by atoms with Crippen molar-refractivity contribution in [3.63, 3.8) is 0 Å². The summed E-state index contributed by atoms with van der Waals surface area (Å²) in [5, 5.41) is 9.19. The number of rotatable bonds is 8. The summed E-state index contributed by atoms with van der Waals surface area (Å²) in [4.78, 5) is 21.8. The number of carbonyl (C=O) groups is 2. The minimum absolute atomic E-state index is 0.0574. The minimum Gasteiger partial charge on any atom is -0.465 e. The Labute approximate surface area is 95.7 Å². The average Bonchev–Trinajstić information content (AvgIpc) is 2.28. The standard InChI is InChI=1S/C11H20O5/c1-3-9(12)5-7-16-11(14)6-8-15-10(13)4-2/h9,12H,3-8H2,1-2H3. The van der Waals surface area contributed by atoms with Gasteiger partial charge in [0.05, 0.1) is 19.1 Å². The van der Waals surface area contributed by atoms with Crippen LogP contribution in [-0.2, 0) is 19.1 Å². The van der Waals surface area contributed by atoms with Gasteiger partial charge in [0.1, 0.15) is 6.61 Å². The highest BCUT2D eigenvalue weighted by atomic mass is 16.5. The predicted molar refractivity (Wildman–Crippen MR) is 57.7 cm³/mol. The molecule has 0 aliphatic rings. The monoisotopic (exact) mass is 232 g/mol. The Kier molecular flexibility index (Phi) is 8.52. The van der Waals surface area contributed by atoms with Crippen molar-refractivity contribution in [2.75, 3.05) is 13.2 Å². The van der Waals surface area contributed by atoms with Gasteiger partial charge in [-0.3, -0.25) is 9.59 Å². The highest BCUT2D eigenvalue weighted by molar-refractivity contribution is 5.71. The molecule has 0 radical (unpaired) electrons. The maximum Gasteiger partial charge on any atom is 0.309 e. The molecule has 0 spiro atoms. The lowest BCUT2D eigenvalue weighted by Crippen LogP contribution is -2.15. The van der Waals surface area contributed by atoms with Crippen LogP contribution in [0.2, 0.25) is 0 Å². The molecule has 16 heavy (non-hydrogen) atoms. The molecule has 0 aromatic heterocycles. The molecule has 94 valence electrons. The number of ether oxygens (including phenoxy) is 2. The van der Waals surface area contributed by atoms with E-state index in [4.69, 9.17) is 9.47 Å². The predicted octanol–water partition coefficient (Wildman–Crippen LogP) is 1.03. The second-order valence-electron chi connectivity index (χ2n) is 3.40. The van der Waals surface area contributed by atoms with Crippen molar-refractivity contribution in [2.45, 2.75) is 45.6 Å². The van der Waals surface area contributed by atoms with E-state index in [9.17, 15) is 14.7 Å². The van der Waals surface area contributed by atoms with Gasteiger partial charge >= 0.3 is 11.9 Å². The Morgan fingerprint density at radius 3 is 2.31 bits per heavy atom. The van der Waals surface area contributed by atoms with Crippen LogP contribution in [0.25, 0.3) is 0 Å². The van der Waals surface area contributed by atoms with Gasteiger partial charge in [-0.2, -0.15) is 0 Å². The normalized spacial score (nSPS) is 11.9. The van der Waals surface area contributed by atoms with E-state index in [1.165, 1.54) is 0 Å². The second-order valence-corrected chi connectivity index (χ2v) is 3.40. The molecule has 0 rings (SSSR count). The molecule has 0 saturated carbocycles. The third kappa shape index (κ3) is 8.23. The third-order valence-corrected chi connectivity index (χ3v) is 2.04. The summed E-state index contributed by atoms with van der Waals surface area (Å²) in [5.74, 6) is -0.735. The summed E-state index contributed by atoms with van der Waals surface area (Å²) in [6.07, 6.45) is 1.03. The third-order valence-electron chi connectivity index (χ3n) is 2.04. The molecule has 0 bridgehead atoms. The van der Waals surface area contributed by atoms with Crippen LogP contribution in [0.15, 0.2) is 0 Å². The molecule has 1 atom stereocenters. The zero-order valence-corrected chi connectivity index (χ0v) is 9.90. The van der Waals surface area contributed by atoms with Gasteiger partial charge in [-0.05, 0) is 6.42 Å². The first-order valence-electron chi connectivity index (χ1n) is 5.59. The second kappa shape index (κ2) is 9.15. The highest BCUT2D eigenvalue weighted by Gasteiger charge is 2.06. The van der Waals surface area contributed by atoms with Crippen LogP contribution in [-0.4, -0.2) is 36.4 Å². The van der Waals surface area contributed by atoms with E-state index in [0.29, 0.717) is 19.3 Å². The van der Waals surface area contributed by atoms with Gasteiger partial charge in [-0.25, -0.2) is 0 Å². The minimum atomic E-state index is -0.425. The first-order valence-corrected chi connectivity index (χ1v) is 5.59. The summed E-state index contributed by atoms with van der Waals surface area (Å²) in [5.41, 5.74) is 0. The van der Waals surface area contributed by atoms with Crippen LogP contribution in [0.1, 0.15) is 39.5 Å². The quantitative estimate of drug-likeness (QED) is 0.633. The Bertz CT molecular complexity index is 214. The smallest absolute Gasteiger partial charge is 0.309 e. The van der Waals surface area contributed by atoms with Crippen molar-refractivity contribution >= 4 is 11.9 Å². The van der Waals surface area contributed by atoms with E-state index in [-0.39, 0.29) is 25.6 Å². The summed E-state index contributed by atoms with van der Waals surface area (Å²) in [6, 6.07) is 0. The Hall–Kier alpha value is -1.10. The molecule has 0 amide bonds. The summed E-state index contributed by atoms with van der Waals surface area (Å²) >= 11 is 0. The van der Waals surface area contributed by atoms with Gasteiger partial charge < -0.3 is 14.6 Å². The van der Waals surface area contributed by atoms with Crippen LogP contribution in [0, 0.1) is 0 Å². The number of hydrogen-bond acceptors (Lipinski definition) is 5. The zero-order valence-electron chi connectivity index (χ0n) is 9.90. The topological polar surface area (TPSA) is 72.8 Å². The fourth-order valence-corrected chi connectivity index (χ4v) is 0.935. The van der Waals surface area contributed by atoms with E-state index < -0.39 is 12.1 Å². The Balaban J connectivity index is 3.41. The lowest BCUT2D eigenvalue weighted by Gasteiger charge is -2.08. The van der Waals surface area contributed by atoms with Gasteiger partial charge in [0.15, 0.2) is 0 Å². The number of hydrogen-bond donors (Lipinski definition) is 1. The number of esters is 2. The molecule has 0 saturated heterocycles. The van der Waals surface area contributed by atoms with Crippen molar-refractivity contribution in [2.24, 2.45) is 0 Å². The number of aliphatic hydroxyl groups excluding tert-OH is 1. The Morgan fingerprint density at radius 1 is 1.12 bits per heavy atom. The summed E-state index contributed by atoms with van der Waals surface area (Å²) < 4.78 is 9.56. The van der Waals surface area contributed by atoms with Crippen molar-refractivity contribution in [3.8, 4) is 0 Å². The zero-order chi connectivity index (χ0) is 12.4. The molecule has 0 aromatic rings. The summed E-state index contributed by atoms with van der Waals surface area (Å²) in [6.45, 7) is 3.81. The van der Waals surface area contributed by atoms with E-state index in [2.05, 4.69) is 0 Å². The molecule has 0 fully saturated rings. The number of carbonyl (C=O) groups excluding carboxylic acids is 2. The first kappa shape index (κ1) is 14.9. The van der Waals surface area contributed by atoms with Crippen molar-refractivity contribution in [3.05, 3.63) is 0 Å². The largest absolute Gasteiger partial charge is 0.465 e. The highest BCUT2D eigenvalue weighted by Crippen LogP contribution is 1.98. The fraction of sp³-hybridized carbons (Fsp3) is 0.818. The molecule has 0 aliphatic carbocycles. The van der Waals surface area contributed by atoms with E-state index >= 15 is 0 Å². The van der Waals surface area contributed by atoms with Gasteiger partial charge in [0, 0.05) is 12.8 Å². The van der Waals surface area contributed by atoms with Gasteiger partial charge in [-0.1, -0.05) is 13.8 Å². The fourth-order valence-electron chi connectivity index (χ4n) is 0.935. The molecule has 0 aromatic carbocycles. The van der Waals surface area contributed by atoms with Crippen molar-refractivity contribution in [1.29, 1.82) is 0 Å². The lowest BCUT2D eigenvalue weighted by molar-refractivity contribution is -0.149. The van der Waals surface area contributed by atoms with E-state index in [1.807, 2.05) is 6.92 Å². The molecule has 5 nitrogen and oxygen atoms in total. The maximum atomic E-state index is 11.1. The molecule has 5 heteroatoms. The Morgan fingerprint density at radius 2 is 1.75 bits per heavy atom. The van der Waals surface area contributed by atoms with Gasteiger partial charge in [0.2, 0.25) is 0 Å². The van der Waals surface area contributed by atoms with Crippen LogP contribution in [0.5, 0.6) is 0 Å². The average molecular weight is 232 g/mol. The van der Waals surface area contributed by atoms with Crippen LogP contribution < -0.4 is 0 Å². The molecule has 1 unspecified atom stereocenters. The van der Waals surface area contributed by atoms with Crippen molar-refractivity contribution < 1.29 is 24.2 Å². The van der Waals surface area contributed by atoms with Crippen LogP contribution in [0.4, 0.5) is 0 Å².